The number of anilines is 1. The van der Waals surface area contributed by atoms with Crippen LogP contribution in [0.25, 0.3) is 5.76 Å². The van der Waals surface area contributed by atoms with E-state index in [2.05, 4.69) is 11.6 Å². The van der Waals surface area contributed by atoms with Gasteiger partial charge in [0.05, 0.1) is 12.2 Å². The van der Waals surface area contributed by atoms with Crippen LogP contribution in [0.5, 0.6) is 0 Å². The van der Waals surface area contributed by atoms with Crippen molar-refractivity contribution in [2.24, 2.45) is 0 Å². The minimum Gasteiger partial charge on any atom is -0.494 e. The van der Waals surface area contributed by atoms with E-state index in [0.29, 0.717) is 13.2 Å². The maximum Gasteiger partial charge on any atom is 0.225 e. The van der Waals surface area contributed by atoms with Crippen molar-refractivity contribution in [1.29, 1.82) is 0 Å². The molecule has 1 heterocycles. The van der Waals surface area contributed by atoms with Crippen molar-refractivity contribution in [3.63, 3.8) is 0 Å². The zero-order valence-electron chi connectivity index (χ0n) is 10.9. The predicted octanol–water partition coefficient (Wildman–Crippen LogP) is 2.60. The Labute approximate surface area is 106 Å². The minimum absolute atomic E-state index is 0.00310. The fourth-order valence-corrected chi connectivity index (χ4v) is 1.61. The van der Waals surface area contributed by atoms with Gasteiger partial charge in [0.25, 0.3) is 0 Å². The molecule has 0 atom stereocenters. The highest BCUT2D eigenvalue weighted by Crippen LogP contribution is 2.24. The van der Waals surface area contributed by atoms with E-state index >= 15 is 0 Å². The van der Waals surface area contributed by atoms with Gasteiger partial charge in [-0.1, -0.05) is 6.58 Å². The van der Waals surface area contributed by atoms with Gasteiger partial charge in [0, 0.05) is 19.7 Å². The van der Waals surface area contributed by atoms with Crippen LogP contribution in [0.15, 0.2) is 18.8 Å². The fourth-order valence-electron chi connectivity index (χ4n) is 1.61. The summed E-state index contributed by atoms with van der Waals surface area (Å²) in [6, 6.07) is 1.48. The number of aromatic nitrogens is 1. The largest absolute Gasteiger partial charge is 0.494 e. The first kappa shape index (κ1) is 14.2. The number of pyridine rings is 1. The van der Waals surface area contributed by atoms with Crippen LogP contribution in [-0.4, -0.2) is 24.0 Å². The van der Waals surface area contributed by atoms with Crippen LogP contribution in [0.4, 0.5) is 10.2 Å². The zero-order valence-corrected chi connectivity index (χ0v) is 10.9. The molecule has 1 rings (SSSR count). The highest BCUT2D eigenvalue weighted by molar-refractivity contribution is 5.90. The second-order valence-corrected chi connectivity index (χ2v) is 3.62. The van der Waals surface area contributed by atoms with Crippen molar-refractivity contribution in [2.45, 2.75) is 20.8 Å². The van der Waals surface area contributed by atoms with Crippen molar-refractivity contribution in [1.82, 2.24) is 4.98 Å². The molecule has 0 N–H and O–H groups in total. The topological polar surface area (TPSA) is 42.4 Å². The van der Waals surface area contributed by atoms with Crippen LogP contribution in [-0.2, 0) is 9.53 Å². The summed E-state index contributed by atoms with van der Waals surface area (Å²) < 4.78 is 19.4. The molecule has 98 valence electrons. The summed E-state index contributed by atoms with van der Waals surface area (Å²) >= 11 is 0. The molecule has 0 bridgehead atoms. The van der Waals surface area contributed by atoms with E-state index in [0.717, 1.165) is 0 Å². The third-order valence-corrected chi connectivity index (χ3v) is 2.44. The maximum absolute atomic E-state index is 14.2. The average Bonchev–Trinajstić information content (AvgIpc) is 2.32. The van der Waals surface area contributed by atoms with Gasteiger partial charge >= 0.3 is 0 Å². The van der Waals surface area contributed by atoms with Gasteiger partial charge in [-0.3, -0.25) is 9.69 Å². The Bertz CT molecular complexity index is 460. The van der Waals surface area contributed by atoms with Crippen LogP contribution in [0.2, 0.25) is 0 Å². The van der Waals surface area contributed by atoms with E-state index < -0.39 is 5.82 Å². The molecule has 0 saturated carbocycles. The Balaban J connectivity index is 3.20. The molecule has 0 aliphatic heterocycles. The lowest BCUT2D eigenvalue weighted by molar-refractivity contribution is -0.116. The second kappa shape index (κ2) is 6.14. The smallest absolute Gasteiger partial charge is 0.225 e. The Morgan fingerprint density at radius 2 is 2.22 bits per heavy atom. The van der Waals surface area contributed by atoms with Crippen molar-refractivity contribution >= 4 is 17.5 Å². The minimum atomic E-state index is -0.590. The van der Waals surface area contributed by atoms with Crippen molar-refractivity contribution in [3.8, 4) is 0 Å². The fraction of sp³-hybridized carbons (Fsp3) is 0.385. The molecule has 18 heavy (non-hydrogen) atoms. The van der Waals surface area contributed by atoms with Crippen LogP contribution >= 0.6 is 0 Å². The van der Waals surface area contributed by atoms with E-state index in [1.807, 2.05) is 0 Å². The molecule has 0 unspecified atom stereocenters. The van der Waals surface area contributed by atoms with Gasteiger partial charge in [0.1, 0.15) is 5.76 Å². The van der Waals surface area contributed by atoms with E-state index in [1.165, 1.54) is 24.1 Å². The predicted molar refractivity (Wildman–Crippen MR) is 68.6 cm³/mol. The number of amides is 1. The van der Waals surface area contributed by atoms with Crippen LogP contribution in [0, 0.1) is 5.82 Å². The Hall–Kier alpha value is -1.91. The molecule has 0 fully saturated rings. The Morgan fingerprint density at radius 3 is 2.72 bits per heavy atom. The molecular formula is C13H17FN2O2. The second-order valence-electron chi connectivity index (χ2n) is 3.62. The molecule has 5 heteroatoms. The lowest BCUT2D eigenvalue weighted by Crippen LogP contribution is -2.30. The van der Waals surface area contributed by atoms with E-state index in [1.54, 1.807) is 13.8 Å². The number of ether oxygens (including phenoxy) is 1. The molecular weight excluding hydrogens is 235 g/mol. The lowest BCUT2D eigenvalue weighted by atomic mass is 10.2. The average molecular weight is 252 g/mol. The van der Waals surface area contributed by atoms with Crippen LogP contribution < -0.4 is 4.90 Å². The summed E-state index contributed by atoms with van der Waals surface area (Å²) in [5.41, 5.74) is 0.224. The first-order chi connectivity index (χ1) is 8.52. The lowest BCUT2D eigenvalue weighted by Gasteiger charge is -2.19. The number of halogens is 1. The van der Waals surface area contributed by atoms with Crippen molar-refractivity contribution in [3.05, 3.63) is 30.2 Å². The number of hydrogen-bond donors (Lipinski definition) is 0. The normalized spacial score (nSPS) is 10.0. The number of nitrogens with zero attached hydrogens (tertiary/aromatic N) is 2. The Kier molecular flexibility index (Phi) is 4.83. The molecule has 0 spiro atoms. The summed E-state index contributed by atoms with van der Waals surface area (Å²) in [4.78, 5) is 16.6. The van der Waals surface area contributed by atoms with Crippen molar-refractivity contribution in [2.75, 3.05) is 18.1 Å². The van der Waals surface area contributed by atoms with Gasteiger partial charge in [-0.2, -0.15) is 0 Å². The highest BCUT2D eigenvalue weighted by Gasteiger charge is 2.19. The van der Waals surface area contributed by atoms with Crippen LogP contribution in [0.1, 0.15) is 26.3 Å². The standard InChI is InChI=1S/C13H17FN2O2/c1-5-16(10(4)17)13-12(14)11(7-8-15-13)9(3)18-6-2/h7-8H,3,5-6H2,1-2,4H3. The van der Waals surface area contributed by atoms with E-state index in [4.69, 9.17) is 4.74 Å². The summed E-state index contributed by atoms with van der Waals surface area (Å²) in [5, 5.41) is 0. The zero-order chi connectivity index (χ0) is 13.7. The van der Waals surface area contributed by atoms with Gasteiger partial charge < -0.3 is 4.74 Å². The number of carbonyl (C=O) groups excluding carboxylic acids is 1. The third-order valence-electron chi connectivity index (χ3n) is 2.44. The summed E-state index contributed by atoms with van der Waals surface area (Å²) in [6.45, 7) is 9.32. The molecule has 0 saturated heterocycles. The molecule has 0 aliphatic rings. The van der Waals surface area contributed by atoms with Gasteiger partial charge in [-0.25, -0.2) is 9.37 Å². The molecule has 1 amide bonds. The molecule has 1 aromatic heterocycles. The number of hydrogen-bond acceptors (Lipinski definition) is 3. The SMILES string of the molecule is C=C(OCC)c1ccnc(N(CC)C(C)=O)c1F. The maximum atomic E-state index is 14.2. The van der Waals surface area contributed by atoms with Gasteiger partial charge in [0.15, 0.2) is 11.6 Å². The Morgan fingerprint density at radius 1 is 1.56 bits per heavy atom. The first-order valence-electron chi connectivity index (χ1n) is 5.77. The summed E-state index contributed by atoms with van der Waals surface area (Å²) in [5.74, 6) is -0.613. The molecule has 0 aliphatic carbocycles. The summed E-state index contributed by atoms with van der Waals surface area (Å²) in [7, 11) is 0. The number of carbonyl (C=O) groups is 1. The van der Waals surface area contributed by atoms with E-state index in [9.17, 15) is 9.18 Å². The van der Waals surface area contributed by atoms with Gasteiger partial charge in [-0.15, -0.1) is 0 Å². The number of rotatable bonds is 5. The van der Waals surface area contributed by atoms with E-state index in [-0.39, 0.29) is 23.0 Å². The molecule has 1 aromatic rings. The molecule has 4 nitrogen and oxygen atoms in total. The highest BCUT2D eigenvalue weighted by atomic mass is 19.1. The summed E-state index contributed by atoms with van der Waals surface area (Å²) in [6.07, 6.45) is 1.43. The van der Waals surface area contributed by atoms with Crippen molar-refractivity contribution < 1.29 is 13.9 Å². The van der Waals surface area contributed by atoms with Crippen LogP contribution in [0.3, 0.4) is 0 Å². The van der Waals surface area contributed by atoms with Gasteiger partial charge in [-0.05, 0) is 19.9 Å². The first-order valence-corrected chi connectivity index (χ1v) is 5.77. The quantitative estimate of drug-likeness (QED) is 0.756. The van der Waals surface area contributed by atoms with Gasteiger partial charge in [0.2, 0.25) is 5.91 Å². The monoisotopic (exact) mass is 252 g/mol. The third kappa shape index (κ3) is 2.85. The molecule has 0 radical (unpaired) electrons. The molecule has 0 aromatic carbocycles.